The van der Waals surface area contributed by atoms with Crippen molar-refractivity contribution in [3.8, 4) is 17.6 Å². The minimum absolute atomic E-state index is 0.0323. The summed E-state index contributed by atoms with van der Waals surface area (Å²) in [6.45, 7) is 7.05. The second kappa shape index (κ2) is 8.66. The lowest BCUT2D eigenvalue weighted by atomic mass is 9.87. The van der Waals surface area contributed by atoms with Gasteiger partial charge in [-0.05, 0) is 52.0 Å². The molecule has 0 aliphatic carbocycles. The Hall–Kier alpha value is -1.21. The van der Waals surface area contributed by atoms with Crippen molar-refractivity contribution in [2.24, 2.45) is 0 Å². The van der Waals surface area contributed by atoms with Crippen molar-refractivity contribution >= 4 is 43.7 Å². The number of rotatable bonds is 6. The monoisotopic (exact) mass is 489 g/mol. The van der Waals surface area contributed by atoms with Crippen molar-refractivity contribution in [3.63, 3.8) is 0 Å². The first kappa shape index (κ1) is 23.1. The molecule has 28 heavy (non-hydrogen) atoms. The SMILES string of the molecule is CC#CCOc1ccc(S(=O)(=O)N2CC(CBr)SC(C)(C)[C@]2(C)C(=O)O)cc1. The Labute approximate surface area is 179 Å². The Bertz CT molecular complexity index is 889. The fourth-order valence-corrected chi connectivity index (χ4v) is 7.24. The molecule has 2 rings (SSSR count). The molecule has 0 aromatic heterocycles. The van der Waals surface area contributed by atoms with Gasteiger partial charge in [0.2, 0.25) is 10.0 Å². The van der Waals surface area contributed by atoms with Crippen LogP contribution in [0.5, 0.6) is 5.75 Å². The van der Waals surface area contributed by atoms with E-state index in [0.29, 0.717) is 11.1 Å². The molecule has 1 fully saturated rings. The second-order valence-electron chi connectivity index (χ2n) is 7.00. The molecule has 9 heteroatoms. The van der Waals surface area contributed by atoms with Crippen molar-refractivity contribution in [1.82, 2.24) is 4.31 Å². The summed E-state index contributed by atoms with van der Waals surface area (Å²) >= 11 is 4.90. The number of hydrogen-bond acceptors (Lipinski definition) is 5. The number of benzene rings is 1. The summed E-state index contributed by atoms with van der Waals surface area (Å²) < 4.78 is 32.5. The van der Waals surface area contributed by atoms with Crippen molar-refractivity contribution in [1.29, 1.82) is 0 Å². The van der Waals surface area contributed by atoms with E-state index in [1.807, 2.05) is 0 Å². The largest absolute Gasteiger partial charge is 0.481 e. The first-order valence-electron chi connectivity index (χ1n) is 8.63. The van der Waals surface area contributed by atoms with Gasteiger partial charge >= 0.3 is 5.97 Å². The van der Waals surface area contributed by atoms with Gasteiger partial charge in [0, 0.05) is 21.9 Å². The fourth-order valence-electron chi connectivity index (χ4n) is 3.05. The van der Waals surface area contributed by atoms with E-state index in [0.717, 1.165) is 4.31 Å². The van der Waals surface area contributed by atoms with Crippen LogP contribution >= 0.6 is 27.7 Å². The third-order valence-corrected chi connectivity index (χ3v) is 9.80. The Kier molecular flexibility index (Phi) is 7.13. The number of carboxylic acid groups (broad SMARTS) is 1. The van der Waals surface area contributed by atoms with Crippen LogP contribution in [0.2, 0.25) is 0 Å². The molecule has 0 spiro atoms. The Morgan fingerprint density at radius 1 is 1.36 bits per heavy atom. The molecule has 0 radical (unpaired) electrons. The fraction of sp³-hybridized carbons (Fsp3) is 0.526. The van der Waals surface area contributed by atoms with Gasteiger partial charge in [0.05, 0.1) is 4.90 Å². The van der Waals surface area contributed by atoms with Crippen LogP contribution in [0.3, 0.4) is 0 Å². The molecule has 1 aromatic rings. The van der Waals surface area contributed by atoms with E-state index in [1.165, 1.54) is 30.8 Å². The molecule has 1 aliphatic heterocycles. The Morgan fingerprint density at radius 3 is 2.46 bits per heavy atom. The smallest absolute Gasteiger partial charge is 0.326 e. The summed E-state index contributed by atoms with van der Waals surface area (Å²) in [6, 6.07) is 5.97. The van der Waals surface area contributed by atoms with E-state index >= 15 is 0 Å². The summed E-state index contributed by atoms with van der Waals surface area (Å²) in [7, 11) is -4.04. The lowest BCUT2D eigenvalue weighted by molar-refractivity contribution is -0.149. The van der Waals surface area contributed by atoms with E-state index in [9.17, 15) is 18.3 Å². The molecule has 6 nitrogen and oxygen atoms in total. The van der Waals surface area contributed by atoms with Crippen molar-refractivity contribution in [2.45, 2.75) is 48.1 Å². The number of ether oxygens (including phenoxy) is 1. The standard InChI is InChI=1S/C19H24BrNO5S2/c1-5-6-11-26-14-7-9-16(10-8-14)28(24,25)21-13-15(12-20)27-18(2,3)19(21,4)17(22)23/h7-10,15H,11-13H2,1-4H3,(H,22,23)/t15?,19-/m0/s1. The average molecular weight is 490 g/mol. The minimum Gasteiger partial charge on any atom is -0.481 e. The van der Waals surface area contributed by atoms with Crippen molar-refractivity contribution in [3.05, 3.63) is 24.3 Å². The van der Waals surface area contributed by atoms with Gasteiger partial charge in [0.15, 0.2) is 0 Å². The summed E-state index contributed by atoms with van der Waals surface area (Å²) in [4.78, 5) is 12.2. The molecule has 1 heterocycles. The number of aliphatic carboxylic acids is 1. The number of hydrogen-bond donors (Lipinski definition) is 1. The maximum absolute atomic E-state index is 13.4. The van der Waals surface area contributed by atoms with Crippen LogP contribution in [0.25, 0.3) is 0 Å². The maximum Gasteiger partial charge on any atom is 0.326 e. The van der Waals surface area contributed by atoms with Crippen molar-refractivity contribution < 1.29 is 23.1 Å². The molecule has 1 N–H and O–H groups in total. The van der Waals surface area contributed by atoms with E-state index in [4.69, 9.17) is 4.74 Å². The topological polar surface area (TPSA) is 83.9 Å². The Morgan fingerprint density at radius 2 is 1.96 bits per heavy atom. The first-order chi connectivity index (χ1) is 13.0. The zero-order chi connectivity index (χ0) is 21.2. The highest BCUT2D eigenvalue weighted by molar-refractivity contribution is 9.09. The van der Waals surface area contributed by atoms with Crippen LogP contribution in [-0.2, 0) is 14.8 Å². The van der Waals surface area contributed by atoms with E-state index in [-0.39, 0.29) is 23.3 Å². The van der Waals surface area contributed by atoms with Crippen LogP contribution in [0.15, 0.2) is 29.2 Å². The number of carbonyl (C=O) groups is 1. The van der Waals surface area contributed by atoms with Crippen LogP contribution in [-0.4, -0.2) is 57.8 Å². The third kappa shape index (κ3) is 4.20. The highest BCUT2D eigenvalue weighted by atomic mass is 79.9. The van der Waals surface area contributed by atoms with Gasteiger partial charge in [0.25, 0.3) is 0 Å². The molecule has 2 atom stereocenters. The van der Waals surface area contributed by atoms with Crippen LogP contribution < -0.4 is 4.74 Å². The molecule has 1 saturated heterocycles. The van der Waals surface area contributed by atoms with Gasteiger partial charge < -0.3 is 9.84 Å². The zero-order valence-corrected chi connectivity index (χ0v) is 19.4. The molecule has 1 aliphatic rings. The zero-order valence-electron chi connectivity index (χ0n) is 16.2. The molecular formula is C19H24BrNO5S2. The van der Waals surface area contributed by atoms with Gasteiger partial charge in [0.1, 0.15) is 17.9 Å². The summed E-state index contributed by atoms with van der Waals surface area (Å²) in [6.07, 6.45) is 0. The summed E-state index contributed by atoms with van der Waals surface area (Å²) in [5, 5.41) is 10.5. The van der Waals surface area contributed by atoms with Gasteiger partial charge in [-0.3, -0.25) is 4.79 Å². The molecule has 0 amide bonds. The van der Waals surface area contributed by atoms with Gasteiger partial charge in [-0.15, -0.1) is 17.7 Å². The van der Waals surface area contributed by atoms with Gasteiger partial charge in [-0.25, -0.2) is 8.42 Å². The van der Waals surface area contributed by atoms with E-state index < -0.39 is 26.3 Å². The van der Waals surface area contributed by atoms with Crippen molar-refractivity contribution in [2.75, 3.05) is 18.5 Å². The first-order valence-corrected chi connectivity index (χ1v) is 12.1. The summed E-state index contributed by atoms with van der Waals surface area (Å²) in [5.41, 5.74) is -1.60. The number of nitrogens with zero attached hydrogens (tertiary/aromatic N) is 1. The van der Waals surface area contributed by atoms with Crippen LogP contribution in [0, 0.1) is 11.8 Å². The molecular weight excluding hydrogens is 466 g/mol. The number of carboxylic acids is 1. The number of sulfonamides is 1. The molecule has 0 bridgehead atoms. The van der Waals surface area contributed by atoms with E-state index in [1.54, 1.807) is 32.9 Å². The third-order valence-electron chi connectivity index (χ3n) is 4.99. The molecule has 1 aromatic carbocycles. The van der Waals surface area contributed by atoms with Gasteiger partial charge in [-0.1, -0.05) is 21.9 Å². The Balaban J connectivity index is 2.45. The highest BCUT2D eigenvalue weighted by Gasteiger charge is 2.60. The van der Waals surface area contributed by atoms with E-state index in [2.05, 4.69) is 27.8 Å². The predicted octanol–water partition coefficient (Wildman–Crippen LogP) is 3.21. The lowest BCUT2D eigenvalue weighted by Gasteiger charge is -2.52. The molecule has 0 saturated carbocycles. The second-order valence-corrected chi connectivity index (χ2v) is 11.4. The summed E-state index contributed by atoms with van der Waals surface area (Å²) in [5.74, 6) is 4.81. The molecule has 154 valence electrons. The maximum atomic E-state index is 13.4. The predicted molar refractivity (Wildman–Crippen MR) is 115 cm³/mol. The lowest BCUT2D eigenvalue weighted by Crippen LogP contribution is -2.69. The van der Waals surface area contributed by atoms with Crippen LogP contribution in [0.4, 0.5) is 0 Å². The highest BCUT2D eigenvalue weighted by Crippen LogP contribution is 2.48. The number of alkyl halides is 1. The normalized spacial score (nSPS) is 24.8. The minimum atomic E-state index is -4.04. The number of halogens is 1. The quantitative estimate of drug-likeness (QED) is 0.487. The molecule has 1 unspecified atom stereocenters. The average Bonchev–Trinajstić information content (AvgIpc) is 2.64. The van der Waals surface area contributed by atoms with Gasteiger partial charge in [-0.2, -0.15) is 4.31 Å². The number of thioether (sulfide) groups is 1. The van der Waals surface area contributed by atoms with Crippen LogP contribution in [0.1, 0.15) is 27.7 Å².